The number of aryl methyl sites for hydroxylation is 2. The van der Waals surface area contributed by atoms with Crippen molar-refractivity contribution in [2.75, 3.05) is 6.54 Å². The first kappa shape index (κ1) is 15.5. The van der Waals surface area contributed by atoms with Crippen LogP contribution >= 0.6 is 0 Å². The molecule has 2 aliphatic rings. The number of amides is 1. The van der Waals surface area contributed by atoms with Gasteiger partial charge in [-0.1, -0.05) is 42.2 Å². The maximum absolute atomic E-state index is 12.3. The number of benzene rings is 1. The van der Waals surface area contributed by atoms with E-state index in [2.05, 4.69) is 42.7 Å². The largest absolute Gasteiger partial charge is 0.354 e. The molecule has 1 aromatic rings. The van der Waals surface area contributed by atoms with Gasteiger partial charge < -0.3 is 10.6 Å². The van der Waals surface area contributed by atoms with E-state index in [0.29, 0.717) is 6.04 Å². The average molecular weight is 300 g/mol. The molecule has 3 rings (SSSR count). The van der Waals surface area contributed by atoms with Crippen LogP contribution in [0.2, 0.25) is 0 Å². The molecule has 3 heteroatoms. The van der Waals surface area contributed by atoms with Gasteiger partial charge in [0.1, 0.15) is 0 Å². The lowest BCUT2D eigenvalue weighted by Crippen LogP contribution is -2.43. The Morgan fingerprint density at radius 1 is 1.18 bits per heavy atom. The first-order valence-corrected chi connectivity index (χ1v) is 8.73. The smallest absolute Gasteiger partial charge is 0.237 e. The maximum atomic E-state index is 12.3. The third kappa shape index (κ3) is 3.70. The molecule has 2 fully saturated rings. The van der Waals surface area contributed by atoms with Gasteiger partial charge in [-0.25, -0.2) is 0 Å². The van der Waals surface area contributed by atoms with Crippen LogP contribution in [0.3, 0.4) is 0 Å². The van der Waals surface area contributed by atoms with Crippen molar-refractivity contribution in [3.8, 4) is 0 Å². The summed E-state index contributed by atoms with van der Waals surface area (Å²) in [6.07, 6.45) is 7.13. The molecule has 3 unspecified atom stereocenters. The lowest BCUT2D eigenvalue weighted by molar-refractivity contribution is -0.122. The van der Waals surface area contributed by atoms with Gasteiger partial charge in [0.25, 0.3) is 0 Å². The van der Waals surface area contributed by atoms with Gasteiger partial charge in [0, 0.05) is 12.6 Å². The predicted octanol–water partition coefficient (Wildman–Crippen LogP) is 2.88. The van der Waals surface area contributed by atoms with Gasteiger partial charge >= 0.3 is 0 Å². The summed E-state index contributed by atoms with van der Waals surface area (Å²) < 4.78 is 0. The monoisotopic (exact) mass is 300 g/mol. The fourth-order valence-electron chi connectivity index (χ4n) is 4.19. The molecule has 1 heterocycles. The summed E-state index contributed by atoms with van der Waals surface area (Å²) in [5.74, 6) is 0.919. The summed E-state index contributed by atoms with van der Waals surface area (Å²) in [5, 5.41) is 6.67. The second-order valence-corrected chi connectivity index (χ2v) is 7.14. The van der Waals surface area contributed by atoms with Crippen molar-refractivity contribution in [2.24, 2.45) is 5.92 Å². The number of nitrogens with one attached hydrogen (secondary N) is 2. The molecule has 120 valence electrons. The summed E-state index contributed by atoms with van der Waals surface area (Å²) in [5.41, 5.74) is 3.90. The zero-order chi connectivity index (χ0) is 15.5. The lowest BCUT2D eigenvalue weighted by atomic mass is 9.85. The summed E-state index contributed by atoms with van der Waals surface area (Å²) in [7, 11) is 0. The Morgan fingerprint density at radius 3 is 2.64 bits per heavy atom. The topological polar surface area (TPSA) is 41.1 Å². The first-order chi connectivity index (χ1) is 10.6. The zero-order valence-electron chi connectivity index (χ0n) is 13.8. The van der Waals surface area contributed by atoms with Gasteiger partial charge in [-0.05, 0) is 51.0 Å². The highest BCUT2D eigenvalue weighted by molar-refractivity contribution is 5.82. The fraction of sp³-hybridized carbons (Fsp3) is 0.632. The number of hydrogen-bond donors (Lipinski definition) is 2. The molecule has 0 radical (unpaired) electrons. The molecule has 1 saturated heterocycles. The Morgan fingerprint density at radius 2 is 1.91 bits per heavy atom. The minimum Gasteiger partial charge on any atom is -0.354 e. The molecule has 0 spiro atoms. The highest BCUT2D eigenvalue weighted by Gasteiger charge is 2.37. The molecule has 2 N–H and O–H groups in total. The van der Waals surface area contributed by atoms with E-state index in [0.717, 1.165) is 25.3 Å². The summed E-state index contributed by atoms with van der Waals surface area (Å²) in [6.45, 7) is 4.98. The molecule has 0 bridgehead atoms. The van der Waals surface area contributed by atoms with E-state index in [1.165, 1.54) is 42.4 Å². The third-order valence-corrected chi connectivity index (χ3v) is 5.17. The van der Waals surface area contributed by atoms with Crippen LogP contribution in [0, 0.1) is 19.8 Å². The van der Waals surface area contributed by atoms with Gasteiger partial charge in [-0.3, -0.25) is 4.79 Å². The molecule has 1 saturated carbocycles. The highest BCUT2D eigenvalue weighted by atomic mass is 16.2. The van der Waals surface area contributed by atoms with Crippen LogP contribution in [-0.4, -0.2) is 24.5 Å². The Balaban J connectivity index is 1.46. The molecular formula is C19H28N2O. The molecule has 3 nitrogen and oxygen atoms in total. The van der Waals surface area contributed by atoms with Crippen LogP contribution in [0.25, 0.3) is 0 Å². The van der Waals surface area contributed by atoms with Crippen LogP contribution < -0.4 is 10.6 Å². The van der Waals surface area contributed by atoms with Crippen molar-refractivity contribution in [1.29, 1.82) is 0 Å². The van der Waals surface area contributed by atoms with E-state index in [1.54, 1.807) is 0 Å². The third-order valence-electron chi connectivity index (χ3n) is 5.17. The minimum atomic E-state index is 0.0346. The summed E-state index contributed by atoms with van der Waals surface area (Å²) in [4.78, 5) is 12.3. The molecule has 22 heavy (non-hydrogen) atoms. The van der Waals surface area contributed by atoms with Crippen LogP contribution in [0.1, 0.15) is 48.8 Å². The molecule has 1 aromatic carbocycles. The second kappa shape index (κ2) is 6.82. The zero-order valence-corrected chi connectivity index (χ0v) is 13.8. The highest BCUT2D eigenvalue weighted by Crippen LogP contribution is 2.33. The van der Waals surface area contributed by atoms with Crippen molar-refractivity contribution >= 4 is 5.91 Å². The molecule has 3 atom stereocenters. The summed E-state index contributed by atoms with van der Waals surface area (Å²) >= 11 is 0. The van der Waals surface area contributed by atoms with Gasteiger partial charge in [0.15, 0.2) is 0 Å². The number of carbonyl (C=O) groups excluding carboxylic acids is 1. The average Bonchev–Trinajstić information content (AvgIpc) is 2.90. The van der Waals surface area contributed by atoms with Crippen LogP contribution in [0.4, 0.5) is 0 Å². The minimum absolute atomic E-state index is 0.0346. The molecule has 0 aromatic heterocycles. The maximum Gasteiger partial charge on any atom is 0.237 e. The van der Waals surface area contributed by atoms with E-state index in [9.17, 15) is 4.79 Å². The van der Waals surface area contributed by atoms with Gasteiger partial charge in [-0.15, -0.1) is 0 Å². The van der Waals surface area contributed by atoms with Crippen molar-refractivity contribution < 1.29 is 4.79 Å². The van der Waals surface area contributed by atoms with E-state index >= 15 is 0 Å². The molecule has 1 aliphatic carbocycles. The van der Waals surface area contributed by atoms with Crippen LogP contribution in [0.15, 0.2) is 18.2 Å². The predicted molar refractivity (Wildman–Crippen MR) is 89.9 cm³/mol. The van der Waals surface area contributed by atoms with Crippen molar-refractivity contribution in [3.05, 3.63) is 34.9 Å². The standard InChI is InChI=1S/C19H28N2O/c1-13-9-14(2)11-15(10-13)7-8-20-19(22)18-12-16-5-3-4-6-17(16)21-18/h9-11,16-18,21H,3-8,12H2,1-2H3,(H,20,22). The molecular weight excluding hydrogens is 272 g/mol. The fourth-order valence-corrected chi connectivity index (χ4v) is 4.19. The van der Waals surface area contributed by atoms with Gasteiger partial charge in [0.05, 0.1) is 6.04 Å². The van der Waals surface area contributed by atoms with Gasteiger partial charge in [0.2, 0.25) is 5.91 Å². The van der Waals surface area contributed by atoms with Gasteiger partial charge in [-0.2, -0.15) is 0 Å². The van der Waals surface area contributed by atoms with E-state index in [4.69, 9.17) is 0 Å². The lowest BCUT2D eigenvalue weighted by Gasteiger charge is -2.24. The number of hydrogen-bond acceptors (Lipinski definition) is 2. The number of carbonyl (C=O) groups is 1. The van der Waals surface area contributed by atoms with Crippen LogP contribution in [-0.2, 0) is 11.2 Å². The Kier molecular flexibility index (Phi) is 4.82. The van der Waals surface area contributed by atoms with E-state index < -0.39 is 0 Å². The SMILES string of the molecule is Cc1cc(C)cc(CCNC(=O)C2CC3CCCCC3N2)c1. The quantitative estimate of drug-likeness (QED) is 0.898. The Hall–Kier alpha value is -1.35. The Bertz CT molecular complexity index is 506. The second-order valence-electron chi connectivity index (χ2n) is 7.14. The van der Waals surface area contributed by atoms with Crippen molar-refractivity contribution in [1.82, 2.24) is 10.6 Å². The Labute approximate surface area is 133 Å². The van der Waals surface area contributed by atoms with Crippen molar-refractivity contribution in [3.63, 3.8) is 0 Å². The molecule has 1 amide bonds. The number of fused-ring (bicyclic) bond motifs is 1. The molecule has 1 aliphatic heterocycles. The first-order valence-electron chi connectivity index (χ1n) is 8.73. The normalized spacial score (nSPS) is 27.5. The van der Waals surface area contributed by atoms with E-state index in [-0.39, 0.29) is 11.9 Å². The number of rotatable bonds is 4. The van der Waals surface area contributed by atoms with E-state index in [1.807, 2.05) is 0 Å². The van der Waals surface area contributed by atoms with Crippen LogP contribution in [0.5, 0.6) is 0 Å². The summed E-state index contributed by atoms with van der Waals surface area (Å²) in [6, 6.07) is 7.23. The van der Waals surface area contributed by atoms with Crippen molar-refractivity contribution in [2.45, 2.75) is 64.5 Å².